The molecule has 11 rings (SSSR count). The van der Waals surface area contributed by atoms with Gasteiger partial charge in [0, 0.05) is 32.8 Å². The molecule has 0 aliphatic carbocycles. The second kappa shape index (κ2) is 12.6. The molecule has 0 saturated heterocycles. The third kappa shape index (κ3) is 5.36. The Kier molecular flexibility index (Phi) is 7.17. The minimum atomic E-state index is 0.701. The second-order valence-electron chi connectivity index (χ2n) is 14.2. The van der Waals surface area contributed by atoms with Crippen LogP contribution in [0.25, 0.3) is 110 Å². The van der Waals surface area contributed by atoms with Crippen LogP contribution in [0, 0.1) is 0 Å². The van der Waals surface area contributed by atoms with Crippen LogP contribution in [0.2, 0.25) is 0 Å². The summed E-state index contributed by atoms with van der Waals surface area (Å²) in [5.41, 5.74) is 11.3. The Bertz CT molecular complexity index is 3150. The predicted octanol–water partition coefficient (Wildman–Crippen LogP) is 14.2. The van der Waals surface area contributed by atoms with Crippen LogP contribution in [0.5, 0.6) is 0 Å². The van der Waals surface area contributed by atoms with Crippen molar-refractivity contribution in [3.63, 3.8) is 0 Å². The van der Waals surface area contributed by atoms with Gasteiger partial charge in [-0.3, -0.25) is 0 Å². The first-order valence-corrected chi connectivity index (χ1v) is 18.6. The normalized spacial score (nSPS) is 11.6. The van der Waals surface area contributed by atoms with Crippen molar-refractivity contribution in [1.82, 2.24) is 9.97 Å². The molecule has 256 valence electrons. The van der Waals surface area contributed by atoms with E-state index in [4.69, 9.17) is 14.4 Å². The molecule has 2 heterocycles. The highest BCUT2D eigenvalue weighted by molar-refractivity contribution is 6.22. The Labute approximate surface area is 317 Å². The molecule has 3 heteroatoms. The minimum absolute atomic E-state index is 0.701. The van der Waals surface area contributed by atoms with Gasteiger partial charge in [0.15, 0.2) is 5.82 Å². The van der Waals surface area contributed by atoms with Gasteiger partial charge in [-0.25, -0.2) is 9.97 Å². The van der Waals surface area contributed by atoms with Crippen LogP contribution >= 0.6 is 0 Å². The van der Waals surface area contributed by atoms with Crippen LogP contribution in [0.4, 0.5) is 0 Å². The van der Waals surface area contributed by atoms with Crippen molar-refractivity contribution in [2.75, 3.05) is 0 Å². The zero-order valence-corrected chi connectivity index (χ0v) is 29.8. The Morgan fingerprint density at radius 2 is 0.891 bits per heavy atom. The Balaban J connectivity index is 1.06. The molecule has 0 atom stereocenters. The topological polar surface area (TPSA) is 38.9 Å². The van der Waals surface area contributed by atoms with Crippen LogP contribution in [-0.2, 0) is 0 Å². The molecule has 0 fully saturated rings. The second-order valence-corrected chi connectivity index (χ2v) is 14.2. The van der Waals surface area contributed by atoms with Gasteiger partial charge >= 0.3 is 0 Å². The molecule has 11 aromatic rings. The van der Waals surface area contributed by atoms with Gasteiger partial charge in [-0.2, -0.15) is 0 Å². The summed E-state index contributed by atoms with van der Waals surface area (Å²) in [5.74, 6) is 0.701. The fraction of sp³-hybridized carbons (Fsp3) is 0. The molecular formula is C52H32N2O. The first-order valence-electron chi connectivity index (χ1n) is 18.6. The summed E-state index contributed by atoms with van der Waals surface area (Å²) in [7, 11) is 0. The summed E-state index contributed by atoms with van der Waals surface area (Å²) in [5, 5.41) is 9.27. The number of furan rings is 1. The number of hydrogen-bond acceptors (Lipinski definition) is 3. The van der Waals surface area contributed by atoms with E-state index in [2.05, 4.69) is 194 Å². The van der Waals surface area contributed by atoms with Crippen molar-refractivity contribution in [1.29, 1.82) is 0 Å². The third-order valence-corrected chi connectivity index (χ3v) is 10.9. The van der Waals surface area contributed by atoms with Gasteiger partial charge in [-0.05, 0) is 79.5 Å². The summed E-state index contributed by atoms with van der Waals surface area (Å²) >= 11 is 0. The molecule has 0 unspecified atom stereocenters. The Morgan fingerprint density at radius 3 is 1.64 bits per heavy atom. The van der Waals surface area contributed by atoms with Crippen LogP contribution in [-0.4, -0.2) is 9.97 Å². The largest absolute Gasteiger partial charge is 0.455 e. The lowest BCUT2D eigenvalue weighted by atomic mass is 9.93. The van der Waals surface area contributed by atoms with Gasteiger partial charge in [0.05, 0.1) is 11.4 Å². The first-order chi connectivity index (χ1) is 27.2. The van der Waals surface area contributed by atoms with Crippen LogP contribution in [0.1, 0.15) is 0 Å². The number of rotatable bonds is 5. The van der Waals surface area contributed by atoms with Crippen molar-refractivity contribution in [2.24, 2.45) is 0 Å². The molecule has 0 amide bonds. The molecular weight excluding hydrogens is 669 g/mol. The maximum atomic E-state index is 6.66. The lowest BCUT2D eigenvalue weighted by molar-refractivity contribution is 0.673. The SMILES string of the molecule is c1ccc(-c2cc3c(oc4cccc(-c5ccc(-c6cc(-c7ccc8ccccc8c7)nc(-c7ccc8ccccc8c7)n6)cc5)c43)c3ccccc23)cc1. The van der Waals surface area contributed by atoms with E-state index in [0.29, 0.717) is 5.82 Å². The zero-order chi connectivity index (χ0) is 36.3. The summed E-state index contributed by atoms with van der Waals surface area (Å²) < 4.78 is 6.66. The van der Waals surface area contributed by atoms with E-state index in [0.717, 1.165) is 71.9 Å². The molecule has 0 spiro atoms. The van der Waals surface area contributed by atoms with Gasteiger partial charge in [0.2, 0.25) is 0 Å². The van der Waals surface area contributed by atoms with Crippen LogP contribution in [0.15, 0.2) is 199 Å². The van der Waals surface area contributed by atoms with Crippen LogP contribution in [0.3, 0.4) is 0 Å². The molecule has 2 aromatic heterocycles. The van der Waals surface area contributed by atoms with Crippen molar-refractivity contribution in [2.45, 2.75) is 0 Å². The summed E-state index contributed by atoms with van der Waals surface area (Å²) in [4.78, 5) is 10.4. The molecule has 0 aliphatic heterocycles. The molecule has 0 aliphatic rings. The van der Waals surface area contributed by atoms with Gasteiger partial charge in [0.25, 0.3) is 0 Å². The number of nitrogens with zero attached hydrogens (tertiary/aromatic N) is 2. The lowest BCUT2D eigenvalue weighted by Crippen LogP contribution is -1.96. The molecule has 55 heavy (non-hydrogen) atoms. The van der Waals surface area contributed by atoms with E-state index in [1.54, 1.807) is 0 Å². The van der Waals surface area contributed by atoms with E-state index in [1.165, 1.54) is 32.7 Å². The number of fused-ring (bicyclic) bond motifs is 7. The fourth-order valence-electron chi connectivity index (χ4n) is 8.12. The van der Waals surface area contributed by atoms with E-state index >= 15 is 0 Å². The van der Waals surface area contributed by atoms with Gasteiger partial charge < -0.3 is 4.42 Å². The highest BCUT2D eigenvalue weighted by Crippen LogP contribution is 2.43. The number of hydrogen-bond donors (Lipinski definition) is 0. The molecule has 9 aromatic carbocycles. The molecule has 0 N–H and O–H groups in total. The summed E-state index contributed by atoms with van der Waals surface area (Å²) in [6.07, 6.45) is 0. The molecule has 0 bridgehead atoms. The van der Waals surface area contributed by atoms with Crippen molar-refractivity contribution < 1.29 is 4.42 Å². The number of benzene rings is 9. The quantitative estimate of drug-likeness (QED) is 0.179. The zero-order valence-electron chi connectivity index (χ0n) is 29.8. The maximum Gasteiger partial charge on any atom is 0.160 e. The van der Waals surface area contributed by atoms with Crippen molar-refractivity contribution >= 4 is 54.3 Å². The van der Waals surface area contributed by atoms with E-state index < -0.39 is 0 Å². The Morgan fingerprint density at radius 1 is 0.327 bits per heavy atom. The third-order valence-electron chi connectivity index (χ3n) is 10.9. The molecule has 3 nitrogen and oxygen atoms in total. The van der Waals surface area contributed by atoms with Crippen molar-refractivity contribution in [3.05, 3.63) is 194 Å². The standard InChI is InChI=1S/C52H32N2O/c1-2-13-35(14-3-1)45-31-46-50-42(19-10-20-49(50)55-51(46)44-18-9-8-17-43(44)45)36-23-25-37(26-24-36)47-32-48(40-27-21-33-11-4-6-15-38(33)29-40)54-52(53-47)41-28-22-34-12-5-7-16-39(34)30-41/h1-32H. The van der Waals surface area contributed by atoms with Crippen molar-refractivity contribution in [3.8, 4) is 56.2 Å². The van der Waals surface area contributed by atoms with Gasteiger partial charge in [-0.15, -0.1) is 0 Å². The summed E-state index contributed by atoms with van der Waals surface area (Å²) in [6.45, 7) is 0. The van der Waals surface area contributed by atoms with E-state index in [-0.39, 0.29) is 0 Å². The average Bonchev–Trinajstić information content (AvgIpc) is 3.65. The monoisotopic (exact) mass is 700 g/mol. The number of aromatic nitrogens is 2. The van der Waals surface area contributed by atoms with Gasteiger partial charge in [0.1, 0.15) is 11.2 Å². The highest BCUT2D eigenvalue weighted by Gasteiger charge is 2.18. The van der Waals surface area contributed by atoms with Gasteiger partial charge in [-0.1, -0.05) is 164 Å². The fourth-order valence-corrected chi connectivity index (χ4v) is 8.12. The smallest absolute Gasteiger partial charge is 0.160 e. The predicted molar refractivity (Wildman–Crippen MR) is 229 cm³/mol. The average molecular weight is 701 g/mol. The molecule has 0 saturated carbocycles. The van der Waals surface area contributed by atoms with Crippen LogP contribution < -0.4 is 0 Å². The first kappa shape index (κ1) is 31.2. The van der Waals surface area contributed by atoms with E-state index in [1.807, 2.05) is 0 Å². The lowest BCUT2D eigenvalue weighted by Gasteiger charge is -2.12. The highest BCUT2D eigenvalue weighted by atomic mass is 16.3. The maximum absolute atomic E-state index is 6.66. The minimum Gasteiger partial charge on any atom is -0.455 e. The summed E-state index contributed by atoms with van der Waals surface area (Å²) in [6, 6.07) is 68.6. The molecule has 0 radical (unpaired) electrons. The van der Waals surface area contributed by atoms with E-state index in [9.17, 15) is 0 Å². The Hall–Kier alpha value is -7.36.